The maximum absolute atomic E-state index is 10.4. The van der Waals surface area contributed by atoms with E-state index in [0.29, 0.717) is 28.8 Å². The SMILES string of the molecule is COc1ccc(Cl)cc1/C=C1/ON(CCCCCCC(=O)O)OS1. The van der Waals surface area contributed by atoms with Gasteiger partial charge >= 0.3 is 5.97 Å². The highest BCUT2D eigenvalue weighted by atomic mass is 35.5. The number of hydroxylamine groups is 2. The molecule has 1 aliphatic heterocycles. The van der Waals surface area contributed by atoms with Gasteiger partial charge in [0.15, 0.2) is 0 Å². The van der Waals surface area contributed by atoms with Crippen molar-refractivity contribution in [1.29, 1.82) is 0 Å². The van der Waals surface area contributed by atoms with E-state index in [1.165, 1.54) is 5.23 Å². The first kappa shape index (κ1) is 18.9. The Morgan fingerprint density at radius 3 is 2.92 bits per heavy atom. The number of hydrogen-bond donors (Lipinski definition) is 1. The number of halogens is 1. The lowest BCUT2D eigenvalue weighted by atomic mass is 10.1. The van der Waals surface area contributed by atoms with Crippen LogP contribution in [-0.4, -0.2) is 30.0 Å². The fraction of sp³-hybridized carbons (Fsp3) is 0.438. The Balaban J connectivity index is 1.76. The molecule has 1 fully saturated rings. The average Bonchev–Trinajstić information content (AvgIpc) is 2.98. The smallest absolute Gasteiger partial charge is 0.303 e. The minimum absolute atomic E-state index is 0.223. The Morgan fingerprint density at radius 1 is 1.38 bits per heavy atom. The molecule has 2 rings (SSSR count). The van der Waals surface area contributed by atoms with Gasteiger partial charge in [-0.1, -0.05) is 24.4 Å². The second-order valence-corrected chi connectivity index (χ2v) is 6.37. The normalized spacial score (nSPS) is 16.3. The van der Waals surface area contributed by atoms with Crippen LogP contribution in [0, 0.1) is 0 Å². The Kier molecular flexibility index (Phi) is 7.71. The second-order valence-electron chi connectivity index (χ2n) is 5.21. The zero-order valence-corrected chi connectivity index (χ0v) is 14.9. The van der Waals surface area contributed by atoms with Crippen LogP contribution in [0.1, 0.15) is 37.7 Å². The van der Waals surface area contributed by atoms with Gasteiger partial charge in [0, 0.05) is 23.1 Å². The van der Waals surface area contributed by atoms with Crippen molar-refractivity contribution < 1.29 is 23.8 Å². The van der Waals surface area contributed by atoms with Crippen LogP contribution in [0.25, 0.3) is 6.08 Å². The van der Waals surface area contributed by atoms with Crippen molar-refractivity contribution in [2.24, 2.45) is 0 Å². The van der Waals surface area contributed by atoms with Gasteiger partial charge in [0.1, 0.15) is 5.75 Å². The van der Waals surface area contributed by atoms with E-state index in [2.05, 4.69) is 0 Å². The number of unbranched alkanes of at least 4 members (excludes halogenated alkanes) is 3. The third kappa shape index (κ3) is 6.24. The topological polar surface area (TPSA) is 68.2 Å². The van der Waals surface area contributed by atoms with Gasteiger partial charge in [0.05, 0.1) is 25.7 Å². The maximum Gasteiger partial charge on any atom is 0.303 e. The first-order valence-electron chi connectivity index (χ1n) is 7.65. The summed E-state index contributed by atoms with van der Waals surface area (Å²) in [6.45, 7) is 0.615. The van der Waals surface area contributed by atoms with Crippen LogP contribution in [0.3, 0.4) is 0 Å². The van der Waals surface area contributed by atoms with Crippen molar-refractivity contribution in [3.8, 4) is 5.75 Å². The number of methoxy groups -OCH3 is 1. The van der Waals surface area contributed by atoms with E-state index in [1.54, 1.807) is 25.3 Å². The number of carbonyl (C=O) groups is 1. The van der Waals surface area contributed by atoms with E-state index in [1.807, 2.05) is 6.08 Å². The molecule has 1 heterocycles. The van der Waals surface area contributed by atoms with E-state index in [9.17, 15) is 4.79 Å². The quantitative estimate of drug-likeness (QED) is 0.504. The molecule has 1 aromatic rings. The summed E-state index contributed by atoms with van der Waals surface area (Å²) in [5.74, 6) is -0.0446. The lowest BCUT2D eigenvalue weighted by Gasteiger charge is -2.10. The van der Waals surface area contributed by atoms with Crippen LogP contribution in [-0.2, 0) is 13.9 Å². The molecule has 0 unspecified atom stereocenters. The van der Waals surface area contributed by atoms with Crippen LogP contribution in [0.4, 0.5) is 0 Å². The molecule has 132 valence electrons. The predicted octanol–water partition coefficient (Wildman–Crippen LogP) is 4.51. The van der Waals surface area contributed by atoms with E-state index in [0.717, 1.165) is 36.9 Å². The van der Waals surface area contributed by atoms with Gasteiger partial charge in [-0.3, -0.25) is 4.79 Å². The molecule has 0 spiro atoms. The van der Waals surface area contributed by atoms with Gasteiger partial charge in [-0.15, -0.1) is 0 Å². The fourth-order valence-electron chi connectivity index (χ4n) is 2.16. The Labute approximate surface area is 150 Å². The average molecular weight is 374 g/mol. The monoisotopic (exact) mass is 373 g/mol. The molecule has 1 N–H and O–H groups in total. The second kappa shape index (κ2) is 9.78. The highest BCUT2D eigenvalue weighted by Gasteiger charge is 2.21. The number of carboxylic acid groups (broad SMARTS) is 1. The molecule has 0 aromatic heterocycles. The Hall–Kier alpha value is -1.41. The summed E-state index contributed by atoms with van der Waals surface area (Å²) >= 11 is 7.14. The summed E-state index contributed by atoms with van der Waals surface area (Å²) in [6, 6.07) is 5.35. The minimum atomic E-state index is -0.746. The standard InChI is InChI=1S/C16H20ClNO5S/c1-21-14-8-7-13(17)10-12(14)11-16-22-18(23-24-16)9-5-3-2-4-6-15(19)20/h7-8,10-11H,2-6,9H2,1H3,(H,19,20)/b16-11-. The number of nitrogens with zero attached hydrogens (tertiary/aromatic N) is 1. The number of benzene rings is 1. The molecule has 1 aromatic carbocycles. The molecule has 0 amide bonds. The minimum Gasteiger partial charge on any atom is -0.496 e. The third-order valence-electron chi connectivity index (χ3n) is 3.34. The van der Waals surface area contributed by atoms with Crippen LogP contribution >= 0.6 is 23.6 Å². The Bertz CT molecular complexity index is 596. The van der Waals surface area contributed by atoms with Gasteiger partial charge in [0.25, 0.3) is 0 Å². The van der Waals surface area contributed by atoms with E-state index >= 15 is 0 Å². The molecule has 6 nitrogen and oxygen atoms in total. The molecular formula is C16H20ClNO5S. The van der Waals surface area contributed by atoms with Crippen molar-refractivity contribution in [2.45, 2.75) is 32.1 Å². The largest absolute Gasteiger partial charge is 0.496 e. The van der Waals surface area contributed by atoms with Crippen molar-refractivity contribution in [1.82, 2.24) is 5.23 Å². The molecule has 0 aliphatic carbocycles. The summed E-state index contributed by atoms with van der Waals surface area (Å²) in [7, 11) is 1.60. The van der Waals surface area contributed by atoms with E-state index < -0.39 is 5.97 Å². The van der Waals surface area contributed by atoms with Crippen molar-refractivity contribution in [3.63, 3.8) is 0 Å². The molecule has 8 heteroatoms. The molecule has 1 aliphatic rings. The van der Waals surface area contributed by atoms with Crippen LogP contribution in [0.5, 0.6) is 5.75 Å². The van der Waals surface area contributed by atoms with Gasteiger partial charge in [-0.25, -0.2) is 0 Å². The summed E-state index contributed by atoms with van der Waals surface area (Å²) in [6.07, 6.45) is 5.42. The van der Waals surface area contributed by atoms with Gasteiger partial charge < -0.3 is 14.7 Å². The van der Waals surface area contributed by atoms with Crippen molar-refractivity contribution >= 4 is 35.7 Å². The third-order valence-corrected chi connectivity index (χ3v) is 4.17. The summed E-state index contributed by atoms with van der Waals surface area (Å²) in [5.41, 5.74) is 0.812. The number of aliphatic carboxylic acids is 1. The first-order chi connectivity index (χ1) is 11.6. The van der Waals surface area contributed by atoms with Gasteiger partial charge in [-0.2, -0.15) is 4.28 Å². The zero-order valence-electron chi connectivity index (χ0n) is 13.4. The van der Waals surface area contributed by atoms with Crippen molar-refractivity contribution in [3.05, 3.63) is 33.9 Å². The highest BCUT2D eigenvalue weighted by molar-refractivity contribution is 7.98. The lowest BCUT2D eigenvalue weighted by molar-refractivity contribution is -0.259. The van der Waals surface area contributed by atoms with Crippen molar-refractivity contribution in [2.75, 3.05) is 13.7 Å². The first-order valence-corrected chi connectivity index (χ1v) is 8.77. The molecule has 24 heavy (non-hydrogen) atoms. The molecule has 0 radical (unpaired) electrons. The molecular weight excluding hydrogens is 354 g/mol. The van der Waals surface area contributed by atoms with Crippen LogP contribution in [0.15, 0.2) is 23.3 Å². The molecule has 0 bridgehead atoms. The zero-order chi connectivity index (χ0) is 17.4. The van der Waals surface area contributed by atoms with E-state index in [4.69, 9.17) is 30.6 Å². The predicted molar refractivity (Wildman–Crippen MR) is 93.2 cm³/mol. The van der Waals surface area contributed by atoms with Crippen LogP contribution in [0.2, 0.25) is 5.02 Å². The van der Waals surface area contributed by atoms with Gasteiger partial charge in [-0.05, 0) is 36.3 Å². The fourth-order valence-corrected chi connectivity index (χ4v) is 2.89. The highest BCUT2D eigenvalue weighted by Crippen LogP contribution is 2.34. The van der Waals surface area contributed by atoms with E-state index in [-0.39, 0.29) is 6.42 Å². The lowest BCUT2D eigenvalue weighted by Crippen LogP contribution is -2.16. The maximum atomic E-state index is 10.4. The van der Waals surface area contributed by atoms with Gasteiger partial charge in [0.2, 0.25) is 5.09 Å². The molecule has 0 saturated carbocycles. The number of ether oxygens (including phenoxy) is 1. The molecule has 0 atom stereocenters. The summed E-state index contributed by atoms with van der Waals surface area (Å²) in [4.78, 5) is 16.0. The summed E-state index contributed by atoms with van der Waals surface area (Å²) < 4.78 is 10.7. The number of hydrogen-bond acceptors (Lipinski definition) is 6. The summed E-state index contributed by atoms with van der Waals surface area (Å²) in [5, 5.41) is 11.2. The van der Waals surface area contributed by atoms with Crippen LogP contribution < -0.4 is 4.74 Å². The number of carboxylic acids is 1. The molecule has 1 saturated heterocycles. The Morgan fingerprint density at radius 2 is 2.17 bits per heavy atom. The number of rotatable bonds is 9.